The van der Waals surface area contributed by atoms with Crippen LogP contribution >= 0.6 is 23.2 Å². The highest BCUT2D eigenvalue weighted by molar-refractivity contribution is 6.35. The first kappa shape index (κ1) is 14.7. The molecule has 2 fully saturated rings. The molecule has 4 atom stereocenters. The summed E-state index contributed by atoms with van der Waals surface area (Å²) in [7, 11) is 0. The average molecular weight is 312 g/mol. The molecule has 1 nitrogen and oxygen atoms in total. The number of hydrogen-bond donors (Lipinski definition) is 1. The number of halogens is 2. The van der Waals surface area contributed by atoms with Gasteiger partial charge in [-0.3, -0.25) is 0 Å². The molecular weight excluding hydrogens is 289 g/mol. The summed E-state index contributed by atoms with van der Waals surface area (Å²) in [4.78, 5) is 0. The minimum atomic E-state index is 0.0580. The SMILES string of the molecule is NC(c1ccc(Cl)cc1Cl)C1CCC2CCCCC2C1. The fourth-order valence-electron chi connectivity index (χ4n) is 4.26. The Bertz CT molecular complexity index is 474. The molecule has 0 aliphatic heterocycles. The predicted molar refractivity (Wildman–Crippen MR) is 86.2 cm³/mol. The van der Waals surface area contributed by atoms with Crippen molar-refractivity contribution in [3.8, 4) is 0 Å². The zero-order valence-corrected chi connectivity index (χ0v) is 13.3. The molecule has 0 aromatic heterocycles. The summed E-state index contributed by atoms with van der Waals surface area (Å²) in [5.74, 6) is 2.44. The molecule has 0 spiro atoms. The van der Waals surface area contributed by atoms with E-state index in [-0.39, 0.29) is 6.04 Å². The summed E-state index contributed by atoms with van der Waals surface area (Å²) < 4.78 is 0. The monoisotopic (exact) mass is 311 g/mol. The molecule has 2 saturated carbocycles. The van der Waals surface area contributed by atoms with Crippen LogP contribution in [0.3, 0.4) is 0 Å². The maximum atomic E-state index is 6.51. The third-order valence-electron chi connectivity index (χ3n) is 5.41. The minimum Gasteiger partial charge on any atom is -0.324 e. The molecule has 0 radical (unpaired) electrons. The number of fused-ring (bicyclic) bond motifs is 1. The molecule has 1 aromatic carbocycles. The molecule has 4 unspecified atom stereocenters. The largest absolute Gasteiger partial charge is 0.324 e. The highest BCUT2D eigenvalue weighted by Gasteiger charge is 2.35. The lowest BCUT2D eigenvalue weighted by Gasteiger charge is -2.41. The zero-order valence-electron chi connectivity index (χ0n) is 11.8. The molecule has 20 heavy (non-hydrogen) atoms. The number of nitrogens with two attached hydrogens (primary N) is 1. The van der Waals surface area contributed by atoms with Crippen LogP contribution in [0.2, 0.25) is 10.0 Å². The van der Waals surface area contributed by atoms with E-state index in [2.05, 4.69) is 0 Å². The lowest BCUT2D eigenvalue weighted by atomic mass is 9.65. The molecule has 2 aliphatic carbocycles. The van der Waals surface area contributed by atoms with Gasteiger partial charge in [0.2, 0.25) is 0 Å². The van der Waals surface area contributed by atoms with Gasteiger partial charge < -0.3 is 5.73 Å². The Hall–Kier alpha value is -0.240. The van der Waals surface area contributed by atoms with Gasteiger partial charge in [-0.1, -0.05) is 55.0 Å². The van der Waals surface area contributed by atoms with E-state index in [1.165, 1.54) is 44.9 Å². The quantitative estimate of drug-likeness (QED) is 0.756. The Morgan fingerprint density at radius 2 is 1.75 bits per heavy atom. The van der Waals surface area contributed by atoms with Crippen LogP contribution in [0.4, 0.5) is 0 Å². The Labute approximate surface area is 131 Å². The first-order valence-corrected chi connectivity index (χ1v) is 8.61. The summed E-state index contributed by atoms with van der Waals surface area (Å²) in [5.41, 5.74) is 7.58. The summed E-state index contributed by atoms with van der Waals surface area (Å²) in [5, 5.41) is 1.40. The molecule has 0 amide bonds. The zero-order chi connectivity index (χ0) is 14.1. The van der Waals surface area contributed by atoms with Gasteiger partial charge in [0.1, 0.15) is 0 Å². The van der Waals surface area contributed by atoms with E-state index in [0.29, 0.717) is 10.9 Å². The van der Waals surface area contributed by atoms with E-state index in [9.17, 15) is 0 Å². The van der Waals surface area contributed by atoms with E-state index >= 15 is 0 Å². The van der Waals surface area contributed by atoms with Crippen molar-refractivity contribution in [3.63, 3.8) is 0 Å². The highest BCUT2D eigenvalue weighted by atomic mass is 35.5. The van der Waals surface area contributed by atoms with Gasteiger partial charge in [-0.2, -0.15) is 0 Å². The fourth-order valence-corrected chi connectivity index (χ4v) is 4.80. The third kappa shape index (κ3) is 3.00. The predicted octanol–water partition coefficient (Wildman–Crippen LogP) is 5.60. The summed E-state index contributed by atoms with van der Waals surface area (Å²) in [6, 6.07) is 5.77. The maximum Gasteiger partial charge on any atom is 0.0468 e. The first-order valence-electron chi connectivity index (χ1n) is 7.85. The molecular formula is C17H23Cl2N. The summed E-state index contributed by atoms with van der Waals surface area (Å²) in [6.45, 7) is 0. The second kappa shape index (κ2) is 6.25. The van der Waals surface area contributed by atoms with Crippen molar-refractivity contribution >= 4 is 23.2 Å². The number of benzene rings is 1. The van der Waals surface area contributed by atoms with Crippen LogP contribution in [0.1, 0.15) is 56.6 Å². The normalized spacial score (nSPS) is 31.6. The van der Waals surface area contributed by atoms with Crippen molar-refractivity contribution in [1.82, 2.24) is 0 Å². The van der Waals surface area contributed by atoms with E-state index in [1.807, 2.05) is 18.2 Å². The van der Waals surface area contributed by atoms with Crippen molar-refractivity contribution in [2.75, 3.05) is 0 Å². The van der Waals surface area contributed by atoms with Crippen molar-refractivity contribution in [2.45, 2.75) is 51.0 Å². The Morgan fingerprint density at radius 3 is 2.50 bits per heavy atom. The fraction of sp³-hybridized carbons (Fsp3) is 0.647. The third-order valence-corrected chi connectivity index (χ3v) is 5.97. The second-order valence-electron chi connectivity index (χ2n) is 6.57. The van der Waals surface area contributed by atoms with Crippen LogP contribution in [0.5, 0.6) is 0 Å². The van der Waals surface area contributed by atoms with Gasteiger partial charge in [0.15, 0.2) is 0 Å². The van der Waals surface area contributed by atoms with E-state index in [4.69, 9.17) is 28.9 Å². The molecule has 2 N–H and O–H groups in total. The summed E-state index contributed by atoms with van der Waals surface area (Å²) >= 11 is 12.3. The van der Waals surface area contributed by atoms with Gasteiger partial charge >= 0.3 is 0 Å². The first-order chi connectivity index (χ1) is 9.65. The van der Waals surface area contributed by atoms with Gasteiger partial charge in [-0.25, -0.2) is 0 Å². The summed E-state index contributed by atoms with van der Waals surface area (Å²) in [6.07, 6.45) is 9.57. The molecule has 3 heteroatoms. The smallest absolute Gasteiger partial charge is 0.0468 e. The number of rotatable bonds is 2. The van der Waals surface area contributed by atoms with E-state index in [0.717, 1.165) is 22.4 Å². The van der Waals surface area contributed by atoms with E-state index in [1.54, 1.807) is 0 Å². The Balaban J connectivity index is 1.72. The lowest BCUT2D eigenvalue weighted by Crippen LogP contribution is -2.33. The second-order valence-corrected chi connectivity index (χ2v) is 7.41. The van der Waals surface area contributed by atoms with Crippen LogP contribution in [0, 0.1) is 17.8 Å². The average Bonchev–Trinajstić information content (AvgIpc) is 2.46. The van der Waals surface area contributed by atoms with Gasteiger partial charge in [0.25, 0.3) is 0 Å². The number of hydrogen-bond acceptors (Lipinski definition) is 1. The molecule has 2 aliphatic rings. The van der Waals surface area contributed by atoms with Gasteiger partial charge in [0, 0.05) is 16.1 Å². The minimum absolute atomic E-state index is 0.0580. The molecule has 0 bridgehead atoms. The van der Waals surface area contributed by atoms with Crippen LogP contribution in [0.25, 0.3) is 0 Å². The Morgan fingerprint density at radius 1 is 1.00 bits per heavy atom. The van der Waals surface area contributed by atoms with Gasteiger partial charge in [-0.05, 0) is 54.7 Å². The molecule has 1 aromatic rings. The molecule has 110 valence electrons. The molecule has 3 rings (SSSR count). The van der Waals surface area contributed by atoms with Crippen molar-refractivity contribution < 1.29 is 0 Å². The maximum absolute atomic E-state index is 6.51. The van der Waals surface area contributed by atoms with Gasteiger partial charge in [0.05, 0.1) is 0 Å². The van der Waals surface area contributed by atoms with Crippen molar-refractivity contribution in [2.24, 2.45) is 23.5 Å². The van der Waals surface area contributed by atoms with Crippen molar-refractivity contribution in [1.29, 1.82) is 0 Å². The Kier molecular flexibility index (Phi) is 4.59. The lowest BCUT2D eigenvalue weighted by molar-refractivity contribution is 0.117. The van der Waals surface area contributed by atoms with Crippen molar-refractivity contribution in [3.05, 3.63) is 33.8 Å². The standard InChI is InChI=1S/C17H23Cl2N/c18-14-7-8-15(16(19)10-14)17(20)13-6-5-11-3-1-2-4-12(11)9-13/h7-8,10-13,17H,1-6,9,20H2. The van der Waals surface area contributed by atoms with Crippen LogP contribution in [0.15, 0.2) is 18.2 Å². The van der Waals surface area contributed by atoms with E-state index < -0.39 is 0 Å². The highest BCUT2D eigenvalue weighted by Crippen LogP contribution is 2.46. The van der Waals surface area contributed by atoms with Gasteiger partial charge in [-0.15, -0.1) is 0 Å². The van der Waals surface area contributed by atoms with Crippen LogP contribution < -0.4 is 5.73 Å². The van der Waals surface area contributed by atoms with Crippen LogP contribution in [-0.2, 0) is 0 Å². The van der Waals surface area contributed by atoms with Crippen LogP contribution in [-0.4, -0.2) is 0 Å². The topological polar surface area (TPSA) is 26.0 Å². The molecule has 0 heterocycles. The molecule has 0 saturated heterocycles.